The van der Waals surface area contributed by atoms with Crippen LogP contribution in [0, 0.1) is 0 Å². The first-order valence-electron chi connectivity index (χ1n) is 16.9. The summed E-state index contributed by atoms with van der Waals surface area (Å²) in [5, 5.41) is 0.511. The van der Waals surface area contributed by atoms with Crippen LogP contribution < -0.4 is 29.1 Å². The lowest BCUT2D eigenvalue weighted by Crippen LogP contribution is -2.18. The van der Waals surface area contributed by atoms with E-state index in [0.29, 0.717) is 54.0 Å². The number of benzene rings is 2. The molecule has 0 unspecified atom stereocenters. The molecule has 0 amide bonds. The van der Waals surface area contributed by atoms with Gasteiger partial charge < -0.3 is 28.3 Å². The number of aryl methyl sites for hydroxylation is 1. The predicted octanol–water partition coefficient (Wildman–Crippen LogP) is 9.58. The maximum atomic E-state index is 14.1. The molecule has 3 rings (SSSR count). The summed E-state index contributed by atoms with van der Waals surface area (Å²) in [7, 11) is 3.27. The first-order chi connectivity index (χ1) is 21.5. The van der Waals surface area contributed by atoms with Crippen LogP contribution in [-0.4, -0.2) is 38.6 Å². The SMILES string of the molecule is CCCCCCCCCCCCCCn1c(-c2ccc(OCC)c(OC)c2)c(OCC)c(=O)c2c(OCC)cc(OC)cc21. The molecule has 0 N–H and O–H groups in total. The molecule has 1 aromatic heterocycles. The number of ether oxygens (including phenoxy) is 5. The van der Waals surface area contributed by atoms with Crippen LogP contribution in [0.4, 0.5) is 0 Å². The molecule has 0 saturated heterocycles. The second-order valence-electron chi connectivity index (χ2n) is 11.2. The summed E-state index contributed by atoms with van der Waals surface area (Å²) in [6.45, 7) is 10.1. The van der Waals surface area contributed by atoms with Crippen molar-refractivity contribution >= 4 is 10.9 Å². The van der Waals surface area contributed by atoms with Crippen molar-refractivity contribution in [2.45, 2.75) is 111 Å². The minimum atomic E-state index is -0.193. The van der Waals surface area contributed by atoms with Crippen molar-refractivity contribution in [1.29, 1.82) is 0 Å². The third-order valence-electron chi connectivity index (χ3n) is 8.06. The van der Waals surface area contributed by atoms with E-state index >= 15 is 0 Å². The largest absolute Gasteiger partial charge is 0.497 e. The van der Waals surface area contributed by atoms with Gasteiger partial charge in [-0.1, -0.05) is 77.6 Å². The van der Waals surface area contributed by atoms with Crippen molar-refractivity contribution < 1.29 is 23.7 Å². The number of pyridine rings is 1. The van der Waals surface area contributed by atoms with Crippen LogP contribution in [0.2, 0.25) is 0 Å². The Kier molecular flexibility index (Phi) is 15.3. The molecule has 0 spiro atoms. The van der Waals surface area contributed by atoms with Crippen molar-refractivity contribution in [3.63, 3.8) is 0 Å². The summed E-state index contributed by atoms with van der Waals surface area (Å²) >= 11 is 0. The maximum absolute atomic E-state index is 14.1. The summed E-state index contributed by atoms with van der Waals surface area (Å²) in [5.74, 6) is 2.73. The molecule has 0 aliphatic carbocycles. The number of aromatic nitrogens is 1. The Morgan fingerprint density at radius 1 is 0.614 bits per heavy atom. The number of fused-ring (bicyclic) bond motifs is 1. The van der Waals surface area contributed by atoms with Crippen LogP contribution in [0.25, 0.3) is 22.2 Å². The quantitative estimate of drug-likeness (QED) is 0.106. The molecular weight excluding hydrogens is 554 g/mol. The molecule has 2 aromatic carbocycles. The first kappa shape index (κ1) is 35.1. The number of hydrogen-bond acceptors (Lipinski definition) is 6. The van der Waals surface area contributed by atoms with Crippen LogP contribution in [0.3, 0.4) is 0 Å². The summed E-state index contributed by atoms with van der Waals surface area (Å²) in [5.41, 5.74) is 2.13. The minimum absolute atomic E-state index is 0.193. The Labute approximate surface area is 264 Å². The van der Waals surface area contributed by atoms with Gasteiger partial charge in [-0.2, -0.15) is 0 Å². The second kappa shape index (κ2) is 19.1. The highest BCUT2D eigenvalue weighted by atomic mass is 16.5. The first-order valence-corrected chi connectivity index (χ1v) is 16.9. The monoisotopic (exact) mass is 609 g/mol. The normalized spacial score (nSPS) is 11.1. The van der Waals surface area contributed by atoms with Gasteiger partial charge in [0.25, 0.3) is 0 Å². The lowest BCUT2D eigenvalue weighted by molar-refractivity contribution is 0.311. The van der Waals surface area contributed by atoms with Gasteiger partial charge in [0.2, 0.25) is 5.43 Å². The van der Waals surface area contributed by atoms with Gasteiger partial charge in [-0.15, -0.1) is 0 Å². The van der Waals surface area contributed by atoms with E-state index in [1.165, 1.54) is 64.2 Å². The average Bonchev–Trinajstić information content (AvgIpc) is 3.03. The van der Waals surface area contributed by atoms with E-state index in [9.17, 15) is 4.79 Å². The fourth-order valence-electron chi connectivity index (χ4n) is 5.87. The van der Waals surface area contributed by atoms with E-state index in [-0.39, 0.29) is 5.43 Å². The van der Waals surface area contributed by atoms with Crippen molar-refractivity contribution in [3.05, 3.63) is 40.6 Å². The van der Waals surface area contributed by atoms with E-state index < -0.39 is 0 Å². The van der Waals surface area contributed by atoms with Gasteiger partial charge in [0.15, 0.2) is 17.2 Å². The molecule has 0 radical (unpaired) electrons. The van der Waals surface area contributed by atoms with Crippen LogP contribution in [0.5, 0.6) is 28.7 Å². The summed E-state index contributed by atoms with van der Waals surface area (Å²) in [6.07, 6.45) is 15.3. The molecule has 44 heavy (non-hydrogen) atoms. The Morgan fingerprint density at radius 3 is 1.77 bits per heavy atom. The molecule has 0 aliphatic rings. The van der Waals surface area contributed by atoms with E-state index in [2.05, 4.69) is 11.5 Å². The molecular formula is C37H55NO6. The van der Waals surface area contributed by atoms with Crippen LogP contribution in [0.1, 0.15) is 105 Å². The number of nitrogens with zero attached hydrogens (tertiary/aromatic N) is 1. The fraction of sp³-hybridized carbons (Fsp3) is 0.595. The number of hydrogen-bond donors (Lipinski definition) is 0. The highest BCUT2D eigenvalue weighted by Crippen LogP contribution is 2.40. The zero-order valence-electron chi connectivity index (χ0n) is 28.1. The standard InChI is InChI=1S/C37H55NO6/c1-7-11-12-13-14-15-16-17-18-19-20-21-24-38-30-26-29(40-5)27-33(43-9-3)34(30)36(39)37(44-10-4)35(38)28-22-23-31(42-8-2)32(25-28)41-6/h22-23,25-27H,7-21,24H2,1-6H3. The summed E-state index contributed by atoms with van der Waals surface area (Å²) in [4.78, 5) is 14.1. The zero-order chi connectivity index (χ0) is 31.7. The molecule has 0 atom stereocenters. The van der Waals surface area contributed by atoms with Gasteiger partial charge in [-0.05, 0) is 45.4 Å². The smallest absolute Gasteiger partial charge is 0.235 e. The molecule has 1 heterocycles. The van der Waals surface area contributed by atoms with Crippen molar-refractivity contribution in [3.8, 4) is 40.0 Å². The number of rotatable bonds is 22. The lowest BCUT2D eigenvalue weighted by Gasteiger charge is -2.23. The van der Waals surface area contributed by atoms with Gasteiger partial charge in [0.1, 0.15) is 11.5 Å². The van der Waals surface area contributed by atoms with Crippen LogP contribution in [-0.2, 0) is 6.54 Å². The van der Waals surface area contributed by atoms with E-state index in [4.69, 9.17) is 23.7 Å². The predicted molar refractivity (Wildman–Crippen MR) is 181 cm³/mol. The molecule has 7 heteroatoms. The highest BCUT2D eigenvalue weighted by molar-refractivity contribution is 5.92. The Morgan fingerprint density at radius 2 is 1.20 bits per heavy atom. The minimum Gasteiger partial charge on any atom is -0.497 e. The summed E-state index contributed by atoms with van der Waals surface area (Å²) in [6, 6.07) is 9.52. The molecule has 244 valence electrons. The van der Waals surface area contributed by atoms with Gasteiger partial charge in [0.05, 0.1) is 50.6 Å². The van der Waals surface area contributed by atoms with Crippen molar-refractivity contribution in [1.82, 2.24) is 4.57 Å². The zero-order valence-corrected chi connectivity index (χ0v) is 28.1. The summed E-state index contributed by atoms with van der Waals surface area (Å²) < 4.78 is 31.5. The van der Waals surface area contributed by atoms with E-state index in [1.54, 1.807) is 20.3 Å². The van der Waals surface area contributed by atoms with E-state index in [1.807, 2.05) is 45.0 Å². The average molecular weight is 610 g/mol. The fourth-order valence-corrected chi connectivity index (χ4v) is 5.87. The third-order valence-corrected chi connectivity index (χ3v) is 8.06. The van der Waals surface area contributed by atoms with Gasteiger partial charge in [-0.3, -0.25) is 4.79 Å². The Bertz CT molecular complexity index is 1350. The molecule has 0 fully saturated rings. The van der Waals surface area contributed by atoms with Gasteiger partial charge >= 0.3 is 0 Å². The highest BCUT2D eigenvalue weighted by Gasteiger charge is 2.24. The van der Waals surface area contributed by atoms with Gasteiger partial charge in [-0.25, -0.2) is 0 Å². The number of methoxy groups -OCH3 is 2. The van der Waals surface area contributed by atoms with Crippen LogP contribution in [0.15, 0.2) is 35.1 Å². The van der Waals surface area contributed by atoms with Crippen molar-refractivity contribution in [2.75, 3.05) is 34.0 Å². The molecule has 7 nitrogen and oxygen atoms in total. The molecule has 0 saturated carbocycles. The Hall–Kier alpha value is -3.35. The maximum Gasteiger partial charge on any atom is 0.235 e. The van der Waals surface area contributed by atoms with E-state index in [0.717, 1.165) is 36.2 Å². The molecule has 3 aromatic rings. The van der Waals surface area contributed by atoms with Crippen LogP contribution >= 0.6 is 0 Å². The molecule has 0 aliphatic heterocycles. The lowest BCUT2D eigenvalue weighted by atomic mass is 10.0. The second-order valence-corrected chi connectivity index (χ2v) is 11.2. The number of unbranched alkanes of at least 4 members (excludes halogenated alkanes) is 11. The third kappa shape index (κ3) is 9.33. The topological polar surface area (TPSA) is 68.2 Å². The van der Waals surface area contributed by atoms with Gasteiger partial charge in [0, 0.05) is 24.2 Å². The molecule has 0 bridgehead atoms. The Balaban J connectivity index is 1.97. The van der Waals surface area contributed by atoms with Crippen molar-refractivity contribution in [2.24, 2.45) is 0 Å².